The van der Waals surface area contributed by atoms with Crippen LogP contribution in [0.2, 0.25) is 0 Å². The Morgan fingerprint density at radius 1 is 1.78 bits per heavy atom. The summed E-state index contributed by atoms with van der Waals surface area (Å²) in [4.78, 5) is 0. The summed E-state index contributed by atoms with van der Waals surface area (Å²) < 4.78 is 0. The fraction of sp³-hybridized carbons (Fsp3) is 0.333. The van der Waals surface area contributed by atoms with Crippen molar-refractivity contribution >= 4 is 0 Å². The number of rotatable bonds is 1. The second-order valence-corrected chi connectivity index (χ2v) is 2.42. The van der Waals surface area contributed by atoms with Gasteiger partial charge in [-0.05, 0) is 13.3 Å². The second-order valence-electron chi connectivity index (χ2n) is 2.42. The Balaban J connectivity index is 2.69. The first-order valence-electron chi connectivity index (χ1n) is 3.30. The van der Waals surface area contributed by atoms with E-state index >= 15 is 0 Å². The topological polar surface area (TPSA) is 0 Å². The highest BCUT2D eigenvalue weighted by Gasteiger charge is 2.04. The summed E-state index contributed by atoms with van der Waals surface area (Å²) in [7, 11) is 0. The molecule has 0 nitrogen and oxygen atoms in total. The predicted molar refractivity (Wildman–Crippen MR) is 41.2 cm³/mol. The third-order valence-electron chi connectivity index (χ3n) is 1.75. The second kappa shape index (κ2) is 2.67. The average molecular weight is 120 g/mol. The van der Waals surface area contributed by atoms with Gasteiger partial charge in [0.25, 0.3) is 0 Å². The van der Waals surface area contributed by atoms with Crippen LogP contribution < -0.4 is 0 Å². The first-order chi connectivity index (χ1) is 4.34. The van der Waals surface area contributed by atoms with Gasteiger partial charge >= 0.3 is 0 Å². The van der Waals surface area contributed by atoms with Crippen molar-refractivity contribution in [1.29, 1.82) is 0 Å². The highest BCUT2D eigenvalue weighted by molar-refractivity contribution is 5.22. The Kier molecular flexibility index (Phi) is 1.88. The third kappa shape index (κ3) is 1.32. The summed E-state index contributed by atoms with van der Waals surface area (Å²) in [5.74, 6) is 0.593. The van der Waals surface area contributed by atoms with Gasteiger partial charge in [-0.25, -0.2) is 0 Å². The van der Waals surface area contributed by atoms with E-state index in [1.165, 1.54) is 5.57 Å². The lowest BCUT2D eigenvalue weighted by molar-refractivity contribution is 0.766. The molecule has 0 saturated carbocycles. The van der Waals surface area contributed by atoms with E-state index in [0.717, 1.165) is 6.42 Å². The van der Waals surface area contributed by atoms with Crippen LogP contribution in [0.4, 0.5) is 0 Å². The van der Waals surface area contributed by atoms with Crippen molar-refractivity contribution in [1.82, 2.24) is 0 Å². The van der Waals surface area contributed by atoms with Crippen LogP contribution in [0.15, 0.2) is 36.5 Å². The van der Waals surface area contributed by atoms with Crippen molar-refractivity contribution in [2.75, 3.05) is 0 Å². The SMILES string of the molecule is C=CC1CC=CC=C1C. The van der Waals surface area contributed by atoms with E-state index < -0.39 is 0 Å². The summed E-state index contributed by atoms with van der Waals surface area (Å²) in [6, 6.07) is 0. The van der Waals surface area contributed by atoms with Gasteiger partial charge in [-0.2, -0.15) is 0 Å². The lowest BCUT2D eigenvalue weighted by atomic mass is 9.93. The molecule has 9 heavy (non-hydrogen) atoms. The first kappa shape index (κ1) is 6.34. The molecule has 0 radical (unpaired) electrons. The number of allylic oxidation sites excluding steroid dienone is 5. The molecule has 1 unspecified atom stereocenters. The minimum absolute atomic E-state index is 0.593. The van der Waals surface area contributed by atoms with Gasteiger partial charge in [-0.3, -0.25) is 0 Å². The van der Waals surface area contributed by atoms with Crippen molar-refractivity contribution in [3.05, 3.63) is 36.5 Å². The van der Waals surface area contributed by atoms with Crippen molar-refractivity contribution in [2.24, 2.45) is 5.92 Å². The van der Waals surface area contributed by atoms with Gasteiger partial charge in [0, 0.05) is 5.92 Å². The maximum absolute atomic E-state index is 3.76. The van der Waals surface area contributed by atoms with Crippen molar-refractivity contribution in [3.63, 3.8) is 0 Å². The van der Waals surface area contributed by atoms with Crippen molar-refractivity contribution < 1.29 is 0 Å². The van der Waals surface area contributed by atoms with Crippen LogP contribution in [0, 0.1) is 5.92 Å². The highest BCUT2D eigenvalue weighted by atomic mass is 14.1. The van der Waals surface area contributed by atoms with E-state index in [0.29, 0.717) is 5.92 Å². The lowest BCUT2D eigenvalue weighted by Gasteiger charge is -2.12. The Morgan fingerprint density at radius 2 is 2.56 bits per heavy atom. The van der Waals surface area contributed by atoms with Gasteiger partial charge in [-0.15, -0.1) is 6.58 Å². The molecule has 0 aromatic rings. The molecule has 1 rings (SSSR count). The molecule has 1 aliphatic rings. The van der Waals surface area contributed by atoms with Gasteiger partial charge in [0.05, 0.1) is 0 Å². The third-order valence-corrected chi connectivity index (χ3v) is 1.75. The van der Waals surface area contributed by atoms with E-state index in [1.807, 2.05) is 6.08 Å². The Bertz CT molecular complexity index is 161. The standard InChI is InChI=1S/C9H12/c1-3-9-7-5-4-6-8(9)2/h3-6,9H,1,7H2,2H3. The Labute approximate surface area is 56.6 Å². The zero-order valence-corrected chi connectivity index (χ0v) is 5.80. The molecule has 0 heterocycles. The molecule has 0 N–H and O–H groups in total. The molecule has 48 valence electrons. The summed E-state index contributed by atoms with van der Waals surface area (Å²) in [5.41, 5.74) is 1.42. The van der Waals surface area contributed by atoms with Crippen molar-refractivity contribution in [3.8, 4) is 0 Å². The molecule has 1 atom stereocenters. The first-order valence-corrected chi connectivity index (χ1v) is 3.30. The van der Waals surface area contributed by atoms with E-state index in [2.05, 4.69) is 31.7 Å². The van der Waals surface area contributed by atoms with Gasteiger partial charge in [0.15, 0.2) is 0 Å². The monoisotopic (exact) mass is 120 g/mol. The average Bonchev–Trinajstić information content (AvgIpc) is 1.89. The summed E-state index contributed by atoms with van der Waals surface area (Å²) in [6.45, 7) is 5.91. The predicted octanol–water partition coefficient (Wildman–Crippen LogP) is 2.69. The van der Waals surface area contributed by atoms with E-state index in [4.69, 9.17) is 0 Å². The summed E-state index contributed by atoms with van der Waals surface area (Å²) in [6.07, 6.45) is 9.58. The molecule has 0 aromatic heterocycles. The van der Waals surface area contributed by atoms with Gasteiger partial charge in [0.1, 0.15) is 0 Å². The maximum Gasteiger partial charge on any atom is 0.000902 e. The molecule has 0 aliphatic heterocycles. The molecule has 0 fully saturated rings. The van der Waals surface area contributed by atoms with E-state index in [1.54, 1.807) is 0 Å². The van der Waals surface area contributed by atoms with Crippen LogP contribution in [0.3, 0.4) is 0 Å². The molecule has 0 saturated heterocycles. The van der Waals surface area contributed by atoms with Gasteiger partial charge in [-0.1, -0.05) is 29.9 Å². The van der Waals surface area contributed by atoms with Crippen LogP contribution in [0.1, 0.15) is 13.3 Å². The minimum atomic E-state index is 0.593. The molecule has 0 aromatic carbocycles. The lowest BCUT2D eigenvalue weighted by Crippen LogP contribution is -1.98. The van der Waals surface area contributed by atoms with Crippen LogP contribution in [-0.2, 0) is 0 Å². The van der Waals surface area contributed by atoms with Gasteiger partial charge < -0.3 is 0 Å². The zero-order valence-electron chi connectivity index (χ0n) is 5.80. The summed E-state index contributed by atoms with van der Waals surface area (Å²) in [5, 5.41) is 0. The number of hydrogen-bond acceptors (Lipinski definition) is 0. The van der Waals surface area contributed by atoms with Crippen LogP contribution >= 0.6 is 0 Å². The largest absolute Gasteiger partial charge is 0.102 e. The molecule has 0 spiro atoms. The molecule has 0 bridgehead atoms. The molecule has 0 amide bonds. The van der Waals surface area contributed by atoms with Gasteiger partial charge in [0.2, 0.25) is 0 Å². The Hall–Kier alpha value is -0.780. The highest BCUT2D eigenvalue weighted by Crippen LogP contribution is 2.19. The zero-order chi connectivity index (χ0) is 6.69. The maximum atomic E-state index is 3.76. The molecule has 1 aliphatic carbocycles. The van der Waals surface area contributed by atoms with Crippen LogP contribution in [0.25, 0.3) is 0 Å². The van der Waals surface area contributed by atoms with Crippen LogP contribution in [0.5, 0.6) is 0 Å². The van der Waals surface area contributed by atoms with Crippen molar-refractivity contribution in [2.45, 2.75) is 13.3 Å². The molecular weight excluding hydrogens is 108 g/mol. The summed E-state index contributed by atoms with van der Waals surface area (Å²) >= 11 is 0. The van der Waals surface area contributed by atoms with Crippen LogP contribution in [-0.4, -0.2) is 0 Å². The quantitative estimate of drug-likeness (QED) is 0.467. The van der Waals surface area contributed by atoms with E-state index in [9.17, 15) is 0 Å². The smallest absolute Gasteiger partial charge is 0.000902 e. The molecular formula is C9H12. The molecule has 0 heteroatoms. The fourth-order valence-corrected chi connectivity index (χ4v) is 1.04. The van der Waals surface area contributed by atoms with E-state index in [-0.39, 0.29) is 0 Å². The number of hydrogen-bond donors (Lipinski definition) is 0. The normalized spacial score (nSPS) is 25.4. The fourth-order valence-electron chi connectivity index (χ4n) is 1.04. The Morgan fingerprint density at radius 3 is 3.00 bits per heavy atom. The minimum Gasteiger partial charge on any atom is -0.102 e.